The van der Waals surface area contributed by atoms with Crippen LogP contribution in [0.3, 0.4) is 0 Å². The lowest BCUT2D eigenvalue weighted by Crippen LogP contribution is -2.12. The summed E-state index contributed by atoms with van der Waals surface area (Å²) in [6.45, 7) is 2.12. The van der Waals surface area contributed by atoms with Gasteiger partial charge >= 0.3 is 6.18 Å². The van der Waals surface area contributed by atoms with E-state index in [9.17, 15) is 13.2 Å². The predicted molar refractivity (Wildman–Crippen MR) is 77.6 cm³/mol. The van der Waals surface area contributed by atoms with E-state index in [1.165, 1.54) is 28.5 Å². The minimum absolute atomic E-state index is 0.00113. The van der Waals surface area contributed by atoms with Gasteiger partial charge in [0, 0.05) is 24.8 Å². The number of aryl methyl sites for hydroxylation is 1. The molecule has 116 valence electrons. The molecule has 0 aliphatic carbocycles. The molecule has 0 aliphatic rings. The van der Waals surface area contributed by atoms with Gasteiger partial charge in [-0.3, -0.25) is 4.68 Å². The van der Waals surface area contributed by atoms with Crippen molar-refractivity contribution in [2.24, 2.45) is 0 Å². The average molecular weight is 327 g/mol. The van der Waals surface area contributed by atoms with Gasteiger partial charge in [0.15, 0.2) is 5.69 Å². The Kier molecular flexibility index (Phi) is 3.73. The van der Waals surface area contributed by atoms with Crippen molar-refractivity contribution in [1.82, 2.24) is 19.7 Å². The summed E-state index contributed by atoms with van der Waals surface area (Å²) in [7, 11) is 0. The molecule has 0 aliphatic heterocycles. The highest BCUT2D eigenvalue weighted by molar-refractivity contribution is 7.17. The third-order valence-corrected chi connectivity index (χ3v) is 4.03. The standard InChI is InChI=1S/C13H12F3N5S/c1-2-21-6-8(11(20-21)13(14,15)16)5-17-12-10-9(3-4-22-10)18-7-19-12/h3-4,6-7H,2,5H2,1H3,(H,17,18,19). The summed E-state index contributed by atoms with van der Waals surface area (Å²) in [5.41, 5.74) is -0.00111. The molecule has 3 rings (SSSR count). The van der Waals surface area contributed by atoms with Crippen LogP contribution >= 0.6 is 11.3 Å². The first-order chi connectivity index (χ1) is 10.5. The zero-order chi connectivity index (χ0) is 15.7. The van der Waals surface area contributed by atoms with E-state index in [0.29, 0.717) is 12.4 Å². The van der Waals surface area contributed by atoms with Crippen molar-refractivity contribution in [3.8, 4) is 0 Å². The number of nitrogens with zero attached hydrogens (tertiary/aromatic N) is 4. The lowest BCUT2D eigenvalue weighted by molar-refractivity contribution is -0.142. The highest BCUT2D eigenvalue weighted by Crippen LogP contribution is 2.31. The molecular weight excluding hydrogens is 315 g/mol. The Balaban J connectivity index is 1.87. The number of halogens is 3. The minimum atomic E-state index is -4.47. The first-order valence-electron chi connectivity index (χ1n) is 6.54. The summed E-state index contributed by atoms with van der Waals surface area (Å²) in [6.07, 6.45) is -1.68. The third-order valence-electron chi connectivity index (χ3n) is 3.12. The number of hydrogen-bond donors (Lipinski definition) is 1. The fraction of sp³-hybridized carbons (Fsp3) is 0.308. The quantitative estimate of drug-likeness (QED) is 0.796. The third kappa shape index (κ3) is 2.76. The molecule has 0 amide bonds. The highest BCUT2D eigenvalue weighted by Gasteiger charge is 2.36. The van der Waals surface area contributed by atoms with Crippen LogP contribution in [0.25, 0.3) is 10.2 Å². The van der Waals surface area contributed by atoms with Crippen LogP contribution in [-0.2, 0) is 19.3 Å². The molecule has 3 aromatic heterocycles. The monoisotopic (exact) mass is 327 g/mol. The van der Waals surface area contributed by atoms with E-state index in [-0.39, 0.29) is 12.1 Å². The van der Waals surface area contributed by atoms with E-state index >= 15 is 0 Å². The van der Waals surface area contributed by atoms with Crippen molar-refractivity contribution in [2.75, 3.05) is 5.32 Å². The van der Waals surface area contributed by atoms with E-state index in [2.05, 4.69) is 20.4 Å². The zero-order valence-corrected chi connectivity index (χ0v) is 12.4. The summed E-state index contributed by atoms with van der Waals surface area (Å²) >= 11 is 1.44. The smallest absolute Gasteiger partial charge is 0.365 e. The van der Waals surface area contributed by atoms with Crippen LogP contribution in [0.5, 0.6) is 0 Å². The molecule has 3 heterocycles. The first-order valence-corrected chi connectivity index (χ1v) is 7.42. The number of fused-ring (bicyclic) bond motifs is 1. The Morgan fingerprint density at radius 1 is 1.32 bits per heavy atom. The molecule has 0 fully saturated rings. The largest absolute Gasteiger partial charge is 0.435 e. The van der Waals surface area contributed by atoms with Crippen LogP contribution in [0, 0.1) is 0 Å². The van der Waals surface area contributed by atoms with Gasteiger partial charge in [-0.15, -0.1) is 11.3 Å². The Hall–Kier alpha value is -2.16. The van der Waals surface area contributed by atoms with Gasteiger partial charge in [-0.25, -0.2) is 9.97 Å². The van der Waals surface area contributed by atoms with Crippen LogP contribution in [0.1, 0.15) is 18.2 Å². The number of rotatable bonds is 4. The summed E-state index contributed by atoms with van der Waals surface area (Å²) in [6, 6.07) is 1.84. The molecule has 0 saturated heterocycles. The number of thiophene rings is 1. The van der Waals surface area contributed by atoms with Gasteiger partial charge in [0.2, 0.25) is 0 Å². The molecular formula is C13H12F3N5S. The Morgan fingerprint density at radius 2 is 2.14 bits per heavy atom. The van der Waals surface area contributed by atoms with Crippen molar-refractivity contribution in [2.45, 2.75) is 26.2 Å². The maximum Gasteiger partial charge on any atom is 0.435 e. The van der Waals surface area contributed by atoms with Gasteiger partial charge in [-0.1, -0.05) is 0 Å². The number of nitrogens with one attached hydrogen (secondary N) is 1. The second kappa shape index (κ2) is 5.56. The van der Waals surface area contributed by atoms with Gasteiger partial charge in [-0.05, 0) is 18.4 Å². The Morgan fingerprint density at radius 3 is 2.86 bits per heavy atom. The average Bonchev–Trinajstić information content (AvgIpc) is 3.10. The van der Waals surface area contributed by atoms with Crippen LogP contribution in [0.15, 0.2) is 24.0 Å². The zero-order valence-electron chi connectivity index (χ0n) is 11.6. The fourth-order valence-electron chi connectivity index (χ4n) is 2.09. The summed E-state index contributed by atoms with van der Waals surface area (Å²) in [4.78, 5) is 8.19. The maximum absolute atomic E-state index is 13.0. The SMILES string of the molecule is CCn1cc(CNc2ncnc3ccsc23)c(C(F)(F)F)n1. The molecule has 3 aromatic rings. The van der Waals surface area contributed by atoms with Crippen LogP contribution in [0.2, 0.25) is 0 Å². The van der Waals surface area contributed by atoms with E-state index in [4.69, 9.17) is 0 Å². The molecule has 9 heteroatoms. The van der Waals surface area contributed by atoms with Gasteiger partial charge in [0.1, 0.15) is 12.1 Å². The number of aromatic nitrogens is 4. The van der Waals surface area contributed by atoms with Crippen LogP contribution < -0.4 is 5.32 Å². The van der Waals surface area contributed by atoms with Gasteiger partial charge in [0.25, 0.3) is 0 Å². The van der Waals surface area contributed by atoms with E-state index < -0.39 is 11.9 Å². The van der Waals surface area contributed by atoms with Crippen molar-refractivity contribution >= 4 is 27.4 Å². The van der Waals surface area contributed by atoms with Gasteiger partial charge < -0.3 is 5.32 Å². The Labute approximate surface area is 127 Å². The van der Waals surface area contributed by atoms with E-state index in [1.807, 2.05) is 11.4 Å². The lowest BCUT2D eigenvalue weighted by Gasteiger charge is -2.08. The highest BCUT2D eigenvalue weighted by atomic mass is 32.1. The fourth-order valence-corrected chi connectivity index (χ4v) is 2.90. The van der Waals surface area contributed by atoms with Crippen molar-refractivity contribution < 1.29 is 13.2 Å². The maximum atomic E-state index is 13.0. The molecule has 1 N–H and O–H groups in total. The first kappa shape index (κ1) is 14.8. The van der Waals surface area contributed by atoms with Crippen LogP contribution in [-0.4, -0.2) is 19.7 Å². The number of anilines is 1. The molecule has 0 bridgehead atoms. The lowest BCUT2D eigenvalue weighted by atomic mass is 10.2. The van der Waals surface area contributed by atoms with E-state index in [1.54, 1.807) is 6.92 Å². The van der Waals surface area contributed by atoms with Crippen molar-refractivity contribution in [3.63, 3.8) is 0 Å². The minimum Gasteiger partial charge on any atom is -0.365 e. The molecule has 0 atom stereocenters. The van der Waals surface area contributed by atoms with Crippen LogP contribution in [0.4, 0.5) is 19.0 Å². The van der Waals surface area contributed by atoms with Crippen molar-refractivity contribution in [3.05, 3.63) is 35.2 Å². The summed E-state index contributed by atoms with van der Waals surface area (Å²) in [5.74, 6) is 0.525. The molecule has 0 saturated carbocycles. The summed E-state index contributed by atoms with van der Waals surface area (Å²) in [5, 5.41) is 8.39. The normalized spacial score (nSPS) is 12.0. The molecule has 0 spiro atoms. The number of hydrogen-bond acceptors (Lipinski definition) is 5. The van der Waals surface area contributed by atoms with Gasteiger partial charge in [-0.2, -0.15) is 18.3 Å². The number of alkyl halides is 3. The molecule has 0 aromatic carbocycles. The topological polar surface area (TPSA) is 55.6 Å². The molecule has 0 radical (unpaired) electrons. The van der Waals surface area contributed by atoms with Crippen molar-refractivity contribution in [1.29, 1.82) is 0 Å². The second-order valence-electron chi connectivity index (χ2n) is 4.57. The van der Waals surface area contributed by atoms with Gasteiger partial charge in [0.05, 0.1) is 10.2 Å². The predicted octanol–water partition coefficient (Wildman–Crippen LogP) is 3.54. The molecule has 22 heavy (non-hydrogen) atoms. The second-order valence-corrected chi connectivity index (χ2v) is 5.48. The Bertz CT molecular complexity index is 792. The summed E-state index contributed by atoms with van der Waals surface area (Å²) < 4.78 is 41.1. The van der Waals surface area contributed by atoms with E-state index in [0.717, 1.165) is 10.2 Å². The molecule has 5 nitrogen and oxygen atoms in total. The molecule has 0 unspecified atom stereocenters.